The average molecular weight is 620 g/mol. The van der Waals surface area contributed by atoms with Crippen molar-refractivity contribution in [2.45, 2.75) is 84.4 Å². The summed E-state index contributed by atoms with van der Waals surface area (Å²) in [5.74, 6) is -1.85. The summed E-state index contributed by atoms with van der Waals surface area (Å²) in [5, 5.41) is 16.8. The van der Waals surface area contributed by atoms with E-state index >= 15 is 0 Å². The lowest BCUT2D eigenvalue weighted by molar-refractivity contribution is -0.300. The minimum absolute atomic E-state index is 0.00183. The van der Waals surface area contributed by atoms with E-state index in [1.165, 1.54) is 20.8 Å². The van der Waals surface area contributed by atoms with Crippen LogP contribution in [-0.4, -0.2) is 128 Å². The van der Waals surface area contributed by atoms with Gasteiger partial charge in [0.2, 0.25) is 0 Å². The molecule has 16 nitrogen and oxygen atoms in total. The standard InChI is InChI=1S/C27H45N3O13/c1-19-24(41-20(2)32)25(42-21(3)33)26(43-22(4)34)27(40-19)39-10-6-5-9-38-18-23-17-30(29-28-23)7-11-35-13-15-37-16-14-36-12-8-31/h17,19,24-27,31H,5-16,18H2,1-4H3/t19?,24-,25+,26?,27-/m1/s1. The van der Waals surface area contributed by atoms with Gasteiger partial charge in [-0.2, -0.15) is 0 Å². The number of ether oxygens (including phenoxy) is 9. The van der Waals surface area contributed by atoms with Crippen molar-refractivity contribution in [2.24, 2.45) is 0 Å². The molecule has 2 unspecified atom stereocenters. The van der Waals surface area contributed by atoms with Gasteiger partial charge in [-0.3, -0.25) is 14.4 Å². The Bertz CT molecular complexity index is 947. The fourth-order valence-corrected chi connectivity index (χ4v) is 4.06. The molecule has 2 heterocycles. The Morgan fingerprint density at radius 1 is 0.791 bits per heavy atom. The number of nitrogens with zero attached hydrogens (tertiary/aromatic N) is 3. The van der Waals surface area contributed by atoms with Gasteiger partial charge in [-0.05, 0) is 19.8 Å². The summed E-state index contributed by atoms with van der Waals surface area (Å²) in [4.78, 5) is 35.1. The first kappa shape index (κ1) is 36.5. The van der Waals surface area contributed by atoms with Crippen LogP contribution in [0.15, 0.2) is 6.20 Å². The summed E-state index contributed by atoms with van der Waals surface area (Å²) < 4.78 is 51.0. The normalized spacial score (nSPS) is 21.8. The van der Waals surface area contributed by atoms with E-state index in [9.17, 15) is 14.4 Å². The van der Waals surface area contributed by atoms with Gasteiger partial charge in [-0.1, -0.05) is 5.21 Å². The highest BCUT2D eigenvalue weighted by Crippen LogP contribution is 2.29. The van der Waals surface area contributed by atoms with Gasteiger partial charge in [-0.25, -0.2) is 4.68 Å². The number of carbonyl (C=O) groups is 3. The molecular formula is C27H45N3O13. The number of esters is 3. The number of hydrogen-bond donors (Lipinski definition) is 1. The molecule has 1 aliphatic heterocycles. The molecule has 2 rings (SSSR count). The predicted molar refractivity (Wildman–Crippen MR) is 145 cm³/mol. The van der Waals surface area contributed by atoms with E-state index in [0.29, 0.717) is 77.9 Å². The number of aliphatic hydroxyl groups excluding tert-OH is 1. The molecule has 1 aliphatic rings. The van der Waals surface area contributed by atoms with Gasteiger partial charge < -0.3 is 47.7 Å². The molecule has 1 N–H and O–H groups in total. The first-order valence-corrected chi connectivity index (χ1v) is 14.3. The highest BCUT2D eigenvalue weighted by atomic mass is 16.7. The van der Waals surface area contributed by atoms with Crippen LogP contribution in [0.1, 0.15) is 46.2 Å². The zero-order valence-electron chi connectivity index (χ0n) is 25.3. The minimum atomic E-state index is -1.12. The van der Waals surface area contributed by atoms with Crippen LogP contribution in [0.5, 0.6) is 0 Å². The Labute approximate surface area is 251 Å². The summed E-state index contributed by atoms with van der Waals surface area (Å²) >= 11 is 0. The summed E-state index contributed by atoms with van der Waals surface area (Å²) in [5.41, 5.74) is 0.690. The molecule has 1 aromatic rings. The van der Waals surface area contributed by atoms with E-state index in [1.54, 1.807) is 17.8 Å². The van der Waals surface area contributed by atoms with Crippen LogP contribution < -0.4 is 0 Å². The van der Waals surface area contributed by atoms with Crippen molar-refractivity contribution in [3.05, 3.63) is 11.9 Å². The summed E-state index contributed by atoms with van der Waals surface area (Å²) in [6.45, 7) is 9.39. The van der Waals surface area contributed by atoms with Crippen LogP contribution in [0.25, 0.3) is 0 Å². The summed E-state index contributed by atoms with van der Waals surface area (Å²) in [6, 6.07) is 0. The number of aliphatic hydroxyl groups is 1. The molecule has 0 spiro atoms. The van der Waals surface area contributed by atoms with Gasteiger partial charge in [0.1, 0.15) is 5.69 Å². The van der Waals surface area contributed by atoms with Gasteiger partial charge in [0.05, 0.1) is 71.7 Å². The molecule has 1 aromatic heterocycles. The van der Waals surface area contributed by atoms with Gasteiger partial charge in [-0.15, -0.1) is 5.10 Å². The highest BCUT2D eigenvalue weighted by molar-refractivity contribution is 5.68. The predicted octanol–water partition coefficient (Wildman–Crippen LogP) is 0.174. The van der Waals surface area contributed by atoms with E-state index in [0.717, 1.165) is 0 Å². The molecule has 16 heteroatoms. The maximum absolute atomic E-state index is 11.8. The van der Waals surface area contributed by atoms with E-state index in [-0.39, 0.29) is 13.2 Å². The fourth-order valence-electron chi connectivity index (χ4n) is 4.06. The van der Waals surface area contributed by atoms with Crippen molar-refractivity contribution >= 4 is 17.9 Å². The van der Waals surface area contributed by atoms with Gasteiger partial charge in [0, 0.05) is 34.0 Å². The number of aromatic nitrogens is 3. The largest absolute Gasteiger partial charge is 0.456 e. The van der Waals surface area contributed by atoms with Crippen molar-refractivity contribution < 1.29 is 62.1 Å². The maximum atomic E-state index is 11.8. The van der Waals surface area contributed by atoms with E-state index in [2.05, 4.69) is 10.3 Å². The number of unbranched alkanes of at least 4 members (excludes halogenated alkanes) is 1. The molecule has 246 valence electrons. The van der Waals surface area contributed by atoms with E-state index in [1.807, 2.05) is 0 Å². The Morgan fingerprint density at radius 2 is 1.37 bits per heavy atom. The van der Waals surface area contributed by atoms with E-state index in [4.69, 9.17) is 47.7 Å². The van der Waals surface area contributed by atoms with Gasteiger partial charge in [0.15, 0.2) is 24.6 Å². The summed E-state index contributed by atoms with van der Waals surface area (Å²) in [6.07, 6.45) is -1.83. The molecule has 1 fully saturated rings. The van der Waals surface area contributed by atoms with Crippen molar-refractivity contribution in [1.29, 1.82) is 0 Å². The monoisotopic (exact) mass is 619 g/mol. The lowest BCUT2D eigenvalue weighted by Crippen LogP contribution is -2.61. The van der Waals surface area contributed by atoms with Crippen LogP contribution in [0.2, 0.25) is 0 Å². The van der Waals surface area contributed by atoms with Crippen molar-refractivity contribution in [3.63, 3.8) is 0 Å². The van der Waals surface area contributed by atoms with Crippen molar-refractivity contribution in [1.82, 2.24) is 15.0 Å². The SMILES string of the molecule is CC(=O)OC1[C@H](OCCCCOCc2cn(CCOCCOCCOCCO)nn2)OC(C)[C@@H](OC(C)=O)[C@@H]1OC(C)=O. The molecule has 43 heavy (non-hydrogen) atoms. The maximum Gasteiger partial charge on any atom is 0.303 e. The minimum Gasteiger partial charge on any atom is -0.456 e. The van der Waals surface area contributed by atoms with Crippen LogP contribution in [0.3, 0.4) is 0 Å². The molecule has 1 saturated heterocycles. The fraction of sp³-hybridized carbons (Fsp3) is 0.815. The zero-order chi connectivity index (χ0) is 31.5. The highest BCUT2D eigenvalue weighted by Gasteiger charge is 2.50. The summed E-state index contributed by atoms with van der Waals surface area (Å²) in [7, 11) is 0. The molecule has 0 aliphatic carbocycles. The third-order valence-electron chi connectivity index (χ3n) is 5.88. The smallest absolute Gasteiger partial charge is 0.303 e. The van der Waals surface area contributed by atoms with Gasteiger partial charge >= 0.3 is 17.9 Å². The Kier molecular flexibility index (Phi) is 17.9. The lowest BCUT2D eigenvalue weighted by atomic mass is 9.99. The molecule has 0 radical (unpaired) electrons. The third kappa shape index (κ3) is 15.0. The lowest BCUT2D eigenvalue weighted by Gasteiger charge is -2.43. The second-order valence-corrected chi connectivity index (χ2v) is 9.60. The topological polar surface area (TPSA) is 185 Å². The third-order valence-corrected chi connectivity index (χ3v) is 5.88. The first-order chi connectivity index (χ1) is 20.7. The molecular weight excluding hydrogens is 574 g/mol. The van der Waals surface area contributed by atoms with Crippen LogP contribution in [0, 0.1) is 0 Å². The average Bonchev–Trinajstić information content (AvgIpc) is 3.40. The van der Waals surface area contributed by atoms with Crippen molar-refractivity contribution in [2.75, 3.05) is 59.5 Å². The molecule has 5 atom stereocenters. The second-order valence-electron chi connectivity index (χ2n) is 9.60. The quantitative estimate of drug-likeness (QED) is 0.105. The number of hydrogen-bond acceptors (Lipinski definition) is 15. The number of rotatable bonds is 22. The Morgan fingerprint density at radius 3 is 2.02 bits per heavy atom. The zero-order valence-corrected chi connectivity index (χ0v) is 25.3. The van der Waals surface area contributed by atoms with Gasteiger partial charge in [0.25, 0.3) is 0 Å². The van der Waals surface area contributed by atoms with E-state index < -0.39 is 48.6 Å². The Balaban J connectivity index is 1.64. The first-order valence-electron chi connectivity index (χ1n) is 14.3. The van der Waals surface area contributed by atoms with Crippen LogP contribution in [-0.2, 0) is 70.2 Å². The molecule has 0 amide bonds. The van der Waals surface area contributed by atoms with Crippen molar-refractivity contribution in [3.8, 4) is 0 Å². The molecule has 0 bridgehead atoms. The van der Waals surface area contributed by atoms with Crippen LogP contribution >= 0.6 is 0 Å². The molecule has 0 saturated carbocycles. The van der Waals surface area contributed by atoms with Crippen LogP contribution in [0.4, 0.5) is 0 Å². The second kappa shape index (κ2) is 21.1. The number of carbonyl (C=O) groups excluding carboxylic acids is 3. The molecule has 0 aromatic carbocycles. The Hall–Kier alpha value is -2.73.